The van der Waals surface area contributed by atoms with E-state index in [1.165, 1.54) is 43.2 Å². The Morgan fingerprint density at radius 2 is 1.68 bits per heavy atom. The number of carbonyl (C=O) groups excluding carboxylic acids is 2. The van der Waals surface area contributed by atoms with Gasteiger partial charge in [-0.1, -0.05) is 50.5 Å². The first-order valence-electron chi connectivity index (χ1n) is 12.2. The maximum absolute atomic E-state index is 12.3. The number of benzene rings is 1. The van der Waals surface area contributed by atoms with E-state index in [0.29, 0.717) is 32.0 Å². The Bertz CT molecular complexity index is 695. The summed E-state index contributed by atoms with van der Waals surface area (Å²) >= 11 is 0. The van der Waals surface area contributed by atoms with Crippen LogP contribution < -0.4 is 16.0 Å². The summed E-state index contributed by atoms with van der Waals surface area (Å²) < 4.78 is 0. The van der Waals surface area contributed by atoms with E-state index in [2.05, 4.69) is 46.0 Å². The van der Waals surface area contributed by atoms with E-state index in [4.69, 9.17) is 0 Å². The quantitative estimate of drug-likeness (QED) is 0.522. The fourth-order valence-electron chi connectivity index (χ4n) is 4.56. The van der Waals surface area contributed by atoms with Crippen LogP contribution in [0.3, 0.4) is 0 Å². The first kappa shape index (κ1) is 23.6. The number of nitrogens with zero attached hydrogens (tertiary/aromatic N) is 1. The van der Waals surface area contributed by atoms with Crippen molar-refractivity contribution < 1.29 is 9.59 Å². The van der Waals surface area contributed by atoms with Crippen molar-refractivity contribution in [1.29, 1.82) is 0 Å². The zero-order valence-corrected chi connectivity index (χ0v) is 19.1. The van der Waals surface area contributed by atoms with Crippen molar-refractivity contribution in [3.05, 3.63) is 35.4 Å². The van der Waals surface area contributed by atoms with Crippen LogP contribution in [0.4, 0.5) is 4.79 Å². The number of urea groups is 1. The molecule has 0 radical (unpaired) electrons. The molecular weight excluding hydrogens is 388 g/mol. The number of likely N-dealkylation sites (tertiary alicyclic amines) is 1. The number of amides is 3. The average molecular weight is 429 g/mol. The molecule has 2 aliphatic rings. The molecule has 1 heterocycles. The predicted molar refractivity (Wildman–Crippen MR) is 125 cm³/mol. The maximum atomic E-state index is 12.3. The van der Waals surface area contributed by atoms with Crippen LogP contribution in [0.25, 0.3) is 0 Å². The number of carbonyl (C=O) groups is 2. The summed E-state index contributed by atoms with van der Waals surface area (Å²) in [4.78, 5) is 26.7. The van der Waals surface area contributed by atoms with Crippen molar-refractivity contribution in [3.8, 4) is 0 Å². The van der Waals surface area contributed by atoms with E-state index in [0.717, 1.165) is 38.4 Å². The van der Waals surface area contributed by atoms with E-state index >= 15 is 0 Å². The molecule has 1 saturated heterocycles. The summed E-state index contributed by atoms with van der Waals surface area (Å²) in [5.74, 6) is 0.870. The highest BCUT2D eigenvalue weighted by molar-refractivity contribution is 5.76. The fourth-order valence-corrected chi connectivity index (χ4v) is 4.56. The van der Waals surface area contributed by atoms with Gasteiger partial charge in [0.1, 0.15) is 0 Å². The molecule has 1 aromatic carbocycles. The second kappa shape index (κ2) is 12.7. The Morgan fingerprint density at radius 3 is 2.42 bits per heavy atom. The number of hydrogen-bond donors (Lipinski definition) is 3. The van der Waals surface area contributed by atoms with Gasteiger partial charge >= 0.3 is 6.03 Å². The van der Waals surface area contributed by atoms with Gasteiger partial charge in [0, 0.05) is 32.1 Å². The standard InChI is InChI=1S/C25H40N4O2/c1-20-13-16-29(17-14-20)19-22-9-6-5-8-21(22)18-27-24(30)12-7-15-26-25(31)28-23-10-3-2-4-11-23/h5-6,8-9,20,23H,2-4,7,10-19H2,1H3,(H,27,30)(H2,26,28,31). The van der Waals surface area contributed by atoms with E-state index in [1.807, 2.05) is 6.07 Å². The minimum atomic E-state index is -0.103. The van der Waals surface area contributed by atoms with Crippen LogP contribution in [-0.4, -0.2) is 42.5 Å². The van der Waals surface area contributed by atoms with E-state index in [9.17, 15) is 9.59 Å². The molecule has 1 aliphatic heterocycles. The summed E-state index contributed by atoms with van der Waals surface area (Å²) in [6, 6.07) is 8.61. The van der Waals surface area contributed by atoms with Gasteiger partial charge < -0.3 is 16.0 Å². The molecule has 1 aliphatic carbocycles. The lowest BCUT2D eigenvalue weighted by Crippen LogP contribution is -2.43. The summed E-state index contributed by atoms with van der Waals surface area (Å²) in [6.45, 7) is 6.69. The Hall–Kier alpha value is -2.08. The zero-order valence-electron chi connectivity index (χ0n) is 19.1. The summed E-state index contributed by atoms with van der Waals surface area (Å²) in [6.07, 6.45) is 9.45. The Kier molecular flexibility index (Phi) is 9.66. The van der Waals surface area contributed by atoms with Crippen LogP contribution in [0.2, 0.25) is 0 Å². The fraction of sp³-hybridized carbons (Fsp3) is 0.680. The van der Waals surface area contributed by atoms with Gasteiger partial charge in [0.25, 0.3) is 0 Å². The first-order chi connectivity index (χ1) is 15.1. The molecule has 3 N–H and O–H groups in total. The van der Waals surface area contributed by atoms with Crippen molar-refractivity contribution in [2.75, 3.05) is 19.6 Å². The van der Waals surface area contributed by atoms with Crippen molar-refractivity contribution in [1.82, 2.24) is 20.9 Å². The molecule has 6 heteroatoms. The van der Waals surface area contributed by atoms with Crippen LogP contribution in [0, 0.1) is 5.92 Å². The average Bonchev–Trinajstić information content (AvgIpc) is 2.78. The number of piperidine rings is 1. The van der Waals surface area contributed by atoms with Crippen molar-refractivity contribution in [3.63, 3.8) is 0 Å². The number of nitrogens with one attached hydrogen (secondary N) is 3. The Morgan fingerprint density at radius 1 is 0.968 bits per heavy atom. The van der Waals surface area contributed by atoms with Gasteiger partial charge in [-0.15, -0.1) is 0 Å². The largest absolute Gasteiger partial charge is 0.352 e. The van der Waals surface area contributed by atoms with Gasteiger partial charge in [-0.05, 0) is 62.2 Å². The van der Waals surface area contributed by atoms with Crippen LogP contribution in [0.5, 0.6) is 0 Å². The topological polar surface area (TPSA) is 73.5 Å². The second-order valence-electron chi connectivity index (χ2n) is 9.34. The highest BCUT2D eigenvalue weighted by Crippen LogP contribution is 2.20. The molecule has 0 atom stereocenters. The SMILES string of the molecule is CC1CCN(Cc2ccccc2CNC(=O)CCCNC(=O)NC2CCCCC2)CC1. The third-order valence-corrected chi connectivity index (χ3v) is 6.67. The minimum absolute atomic E-state index is 0.0380. The van der Waals surface area contributed by atoms with Gasteiger partial charge in [-0.2, -0.15) is 0 Å². The first-order valence-corrected chi connectivity index (χ1v) is 12.2. The summed E-state index contributed by atoms with van der Waals surface area (Å²) in [7, 11) is 0. The molecule has 1 aromatic rings. The van der Waals surface area contributed by atoms with E-state index < -0.39 is 0 Å². The molecule has 3 amide bonds. The monoisotopic (exact) mass is 428 g/mol. The minimum Gasteiger partial charge on any atom is -0.352 e. The predicted octanol–water partition coefficient (Wildman–Crippen LogP) is 3.95. The molecule has 2 fully saturated rings. The van der Waals surface area contributed by atoms with Gasteiger partial charge in [0.2, 0.25) is 5.91 Å². The van der Waals surface area contributed by atoms with E-state index in [-0.39, 0.29) is 11.9 Å². The third kappa shape index (κ3) is 8.52. The lowest BCUT2D eigenvalue weighted by atomic mass is 9.96. The van der Waals surface area contributed by atoms with Crippen LogP contribution >= 0.6 is 0 Å². The Labute approximate surface area is 187 Å². The van der Waals surface area contributed by atoms with Crippen LogP contribution in [-0.2, 0) is 17.9 Å². The van der Waals surface area contributed by atoms with Crippen molar-refractivity contribution >= 4 is 11.9 Å². The molecular formula is C25H40N4O2. The van der Waals surface area contributed by atoms with Gasteiger partial charge in [0.15, 0.2) is 0 Å². The maximum Gasteiger partial charge on any atom is 0.315 e. The molecule has 0 aromatic heterocycles. The zero-order chi connectivity index (χ0) is 21.9. The lowest BCUT2D eigenvalue weighted by Gasteiger charge is -2.30. The third-order valence-electron chi connectivity index (χ3n) is 6.67. The molecule has 31 heavy (non-hydrogen) atoms. The van der Waals surface area contributed by atoms with Crippen LogP contribution in [0.1, 0.15) is 75.8 Å². The molecule has 172 valence electrons. The number of hydrogen-bond acceptors (Lipinski definition) is 3. The summed E-state index contributed by atoms with van der Waals surface area (Å²) in [5, 5.41) is 8.97. The lowest BCUT2D eigenvalue weighted by molar-refractivity contribution is -0.121. The van der Waals surface area contributed by atoms with Crippen molar-refractivity contribution in [2.24, 2.45) is 5.92 Å². The highest BCUT2D eigenvalue weighted by atomic mass is 16.2. The molecule has 0 spiro atoms. The smallest absolute Gasteiger partial charge is 0.315 e. The van der Waals surface area contributed by atoms with Gasteiger partial charge in [0.05, 0.1) is 0 Å². The highest BCUT2D eigenvalue weighted by Gasteiger charge is 2.17. The molecule has 1 saturated carbocycles. The van der Waals surface area contributed by atoms with E-state index in [1.54, 1.807) is 0 Å². The molecule has 6 nitrogen and oxygen atoms in total. The van der Waals surface area contributed by atoms with Crippen molar-refractivity contribution in [2.45, 2.75) is 83.8 Å². The molecule has 0 unspecified atom stereocenters. The Balaban J connectivity index is 1.32. The molecule has 3 rings (SSSR count). The summed E-state index contributed by atoms with van der Waals surface area (Å²) in [5.41, 5.74) is 2.50. The number of rotatable bonds is 9. The van der Waals surface area contributed by atoms with Crippen LogP contribution in [0.15, 0.2) is 24.3 Å². The molecule has 0 bridgehead atoms. The second-order valence-corrected chi connectivity index (χ2v) is 9.34. The van der Waals surface area contributed by atoms with Gasteiger partial charge in [-0.25, -0.2) is 4.79 Å². The normalized spacial score (nSPS) is 18.5. The van der Waals surface area contributed by atoms with Gasteiger partial charge in [-0.3, -0.25) is 9.69 Å².